The van der Waals surface area contributed by atoms with E-state index in [1.165, 1.54) is 12.8 Å². The molecule has 0 atom stereocenters. The van der Waals surface area contributed by atoms with Crippen LogP contribution in [0.25, 0.3) is 0 Å². The van der Waals surface area contributed by atoms with Crippen LogP contribution >= 0.6 is 12.4 Å². The number of hydrogen-bond donors (Lipinski definition) is 2. The second-order valence-corrected chi connectivity index (χ2v) is 4.56. The highest BCUT2D eigenvalue weighted by molar-refractivity contribution is 5.96. The number of amides is 1. The molecule has 1 aromatic rings. The lowest BCUT2D eigenvalue weighted by Gasteiger charge is -2.08. The van der Waals surface area contributed by atoms with Crippen molar-refractivity contribution in [1.29, 1.82) is 0 Å². The minimum Gasteiger partial charge on any atom is -0.399 e. The largest absolute Gasteiger partial charge is 0.399 e. The number of hydrogen-bond acceptors (Lipinski definition) is 2. The number of nitrogens with two attached hydrogens (primary N) is 1. The summed E-state index contributed by atoms with van der Waals surface area (Å²) in [6, 6.07) is 5.43. The van der Waals surface area contributed by atoms with Crippen LogP contribution in [0.5, 0.6) is 0 Å². The molecule has 0 aliphatic heterocycles. The first-order valence-electron chi connectivity index (χ1n) is 5.81. The fraction of sp³-hybridized carbons (Fsp3) is 0.462. The Labute approximate surface area is 108 Å². The molecule has 17 heavy (non-hydrogen) atoms. The van der Waals surface area contributed by atoms with Crippen LogP contribution in [-0.2, 0) is 0 Å². The molecule has 3 N–H and O–H groups in total. The molecule has 2 rings (SSSR count). The zero-order valence-corrected chi connectivity index (χ0v) is 10.8. The van der Waals surface area contributed by atoms with Crippen LogP contribution in [0.1, 0.15) is 35.2 Å². The van der Waals surface area contributed by atoms with Crippen molar-refractivity contribution in [3.8, 4) is 0 Å². The number of halogens is 1. The van der Waals surface area contributed by atoms with E-state index < -0.39 is 0 Å². The van der Waals surface area contributed by atoms with Crippen molar-refractivity contribution < 1.29 is 4.79 Å². The van der Waals surface area contributed by atoms with Crippen molar-refractivity contribution in [2.75, 3.05) is 12.3 Å². The summed E-state index contributed by atoms with van der Waals surface area (Å²) in [5, 5.41) is 2.94. The predicted molar refractivity (Wildman–Crippen MR) is 72.5 cm³/mol. The molecule has 1 aliphatic carbocycles. The van der Waals surface area contributed by atoms with Crippen LogP contribution in [0, 0.1) is 12.8 Å². The number of carbonyl (C=O) groups is 1. The summed E-state index contributed by atoms with van der Waals surface area (Å²) >= 11 is 0. The maximum atomic E-state index is 11.9. The monoisotopic (exact) mass is 254 g/mol. The van der Waals surface area contributed by atoms with Gasteiger partial charge in [0.05, 0.1) is 0 Å². The Hall–Kier alpha value is -1.22. The molecular weight excluding hydrogens is 236 g/mol. The van der Waals surface area contributed by atoms with E-state index in [-0.39, 0.29) is 18.3 Å². The van der Waals surface area contributed by atoms with Crippen molar-refractivity contribution in [3.05, 3.63) is 29.3 Å². The van der Waals surface area contributed by atoms with Gasteiger partial charge in [-0.2, -0.15) is 0 Å². The summed E-state index contributed by atoms with van der Waals surface area (Å²) < 4.78 is 0. The zero-order valence-electron chi connectivity index (χ0n) is 10.0. The Kier molecular flexibility index (Phi) is 4.82. The number of carbonyl (C=O) groups excluding carboxylic acids is 1. The Morgan fingerprint density at radius 3 is 2.82 bits per heavy atom. The van der Waals surface area contributed by atoms with E-state index in [0.29, 0.717) is 11.3 Å². The standard InChI is InChI=1S/C13H18N2O.ClH/c1-9-2-5-11(14)8-12(9)13(16)15-7-6-10-3-4-10;/h2,5,8,10H,3-4,6-7,14H2,1H3,(H,15,16);1H. The molecule has 0 radical (unpaired) electrons. The second kappa shape index (κ2) is 5.92. The lowest BCUT2D eigenvalue weighted by molar-refractivity contribution is 0.0952. The van der Waals surface area contributed by atoms with Gasteiger partial charge in [0.2, 0.25) is 0 Å². The molecule has 0 aromatic heterocycles. The molecule has 0 bridgehead atoms. The lowest BCUT2D eigenvalue weighted by atomic mass is 10.1. The van der Waals surface area contributed by atoms with Crippen LogP contribution in [0.15, 0.2) is 18.2 Å². The van der Waals surface area contributed by atoms with Crippen LogP contribution in [0.4, 0.5) is 5.69 Å². The molecular formula is C13H19ClN2O. The third-order valence-corrected chi connectivity index (χ3v) is 3.04. The van der Waals surface area contributed by atoms with E-state index in [9.17, 15) is 4.79 Å². The quantitative estimate of drug-likeness (QED) is 0.812. The van der Waals surface area contributed by atoms with Gasteiger partial charge in [-0.15, -0.1) is 12.4 Å². The minimum atomic E-state index is -0.00884. The average Bonchev–Trinajstić information content (AvgIpc) is 3.05. The number of aryl methyl sites for hydroxylation is 1. The average molecular weight is 255 g/mol. The van der Waals surface area contributed by atoms with Crippen LogP contribution in [-0.4, -0.2) is 12.5 Å². The molecule has 0 heterocycles. The van der Waals surface area contributed by atoms with Crippen molar-refractivity contribution >= 4 is 24.0 Å². The van der Waals surface area contributed by atoms with E-state index in [1.807, 2.05) is 19.1 Å². The highest BCUT2D eigenvalue weighted by Crippen LogP contribution is 2.31. The summed E-state index contributed by atoms with van der Waals surface area (Å²) in [5.74, 6) is 0.840. The molecule has 1 aromatic carbocycles. The molecule has 1 aliphatic rings. The molecule has 1 saturated carbocycles. The third kappa shape index (κ3) is 3.93. The third-order valence-electron chi connectivity index (χ3n) is 3.04. The summed E-state index contributed by atoms with van der Waals surface area (Å²) in [7, 11) is 0. The second-order valence-electron chi connectivity index (χ2n) is 4.56. The lowest BCUT2D eigenvalue weighted by Crippen LogP contribution is -2.25. The van der Waals surface area contributed by atoms with Crippen molar-refractivity contribution in [2.24, 2.45) is 5.92 Å². The first-order valence-corrected chi connectivity index (χ1v) is 5.81. The molecule has 3 nitrogen and oxygen atoms in total. The molecule has 0 spiro atoms. The number of nitrogen functional groups attached to an aromatic ring is 1. The zero-order chi connectivity index (χ0) is 11.5. The van der Waals surface area contributed by atoms with Crippen molar-refractivity contribution in [1.82, 2.24) is 5.32 Å². The molecule has 94 valence electrons. The van der Waals surface area contributed by atoms with E-state index in [2.05, 4.69) is 5.32 Å². The smallest absolute Gasteiger partial charge is 0.251 e. The van der Waals surface area contributed by atoms with E-state index in [4.69, 9.17) is 5.73 Å². The van der Waals surface area contributed by atoms with Crippen molar-refractivity contribution in [2.45, 2.75) is 26.2 Å². The van der Waals surface area contributed by atoms with E-state index in [1.54, 1.807) is 6.07 Å². The Morgan fingerprint density at radius 1 is 1.47 bits per heavy atom. The Morgan fingerprint density at radius 2 is 2.18 bits per heavy atom. The summed E-state index contributed by atoms with van der Waals surface area (Å²) in [4.78, 5) is 11.9. The van der Waals surface area contributed by atoms with Gasteiger partial charge in [-0.05, 0) is 37.0 Å². The number of nitrogens with one attached hydrogen (secondary N) is 1. The fourth-order valence-electron chi connectivity index (χ4n) is 1.78. The number of rotatable bonds is 4. The van der Waals surface area contributed by atoms with Gasteiger partial charge in [0.15, 0.2) is 0 Å². The fourth-order valence-corrected chi connectivity index (χ4v) is 1.78. The van der Waals surface area contributed by atoms with Gasteiger partial charge in [0.25, 0.3) is 5.91 Å². The van der Waals surface area contributed by atoms with Gasteiger partial charge in [-0.25, -0.2) is 0 Å². The van der Waals surface area contributed by atoms with Gasteiger partial charge in [-0.1, -0.05) is 18.9 Å². The highest BCUT2D eigenvalue weighted by atomic mass is 35.5. The van der Waals surface area contributed by atoms with Crippen LogP contribution in [0.2, 0.25) is 0 Å². The van der Waals surface area contributed by atoms with Gasteiger partial charge in [0, 0.05) is 17.8 Å². The first-order chi connectivity index (χ1) is 7.66. The normalized spacial score (nSPS) is 13.9. The molecule has 1 amide bonds. The first kappa shape index (κ1) is 13.8. The Balaban J connectivity index is 0.00000144. The number of benzene rings is 1. The molecule has 1 fully saturated rings. The maximum absolute atomic E-state index is 11.9. The SMILES string of the molecule is Cc1ccc(N)cc1C(=O)NCCC1CC1.Cl. The topological polar surface area (TPSA) is 55.1 Å². The summed E-state index contributed by atoms with van der Waals surface area (Å²) in [6.45, 7) is 2.70. The highest BCUT2D eigenvalue weighted by Gasteiger charge is 2.20. The molecule has 4 heteroatoms. The predicted octanol–water partition coefficient (Wildman–Crippen LogP) is 2.53. The van der Waals surface area contributed by atoms with Crippen molar-refractivity contribution in [3.63, 3.8) is 0 Å². The minimum absolute atomic E-state index is 0. The van der Waals surface area contributed by atoms with Gasteiger partial charge >= 0.3 is 0 Å². The van der Waals surface area contributed by atoms with Crippen LogP contribution in [0.3, 0.4) is 0 Å². The van der Waals surface area contributed by atoms with Gasteiger partial charge < -0.3 is 11.1 Å². The summed E-state index contributed by atoms with van der Waals surface area (Å²) in [6.07, 6.45) is 3.76. The molecule has 0 unspecified atom stereocenters. The Bertz CT molecular complexity index is 402. The van der Waals surface area contributed by atoms with E-state index >= 15 is 0 Å². The van der Waals surface area contributed by atoms with Gasteiger partial charge in [0.1, 0.15) is 0 Å². The number of anilines is 1. The van der Waals surface area contributed by atoms with Crippen LogP contribution < -0.4 is 11.1 Å². The molecule has 0 saturated heterocycles. The maximum Gasteiger partial charge on any atom is 0.251 e. The van der Waals surface area contributed by atoms with E-state index in [0.717, 1.165) is 24.4 Å². The summed E-state index contributed by atoms with van der Waals surface area (Å²) in [5.41, 5.74) is 7.97. The van der Waals surface area contributed by atoms with Gasteiger partial charge in [-0.3, -0.25) is 4.79 Å².